The summed E-state index contributed by atoms with van der Waals surface area (Å²) < 4.78 is 21.9. The minimum Gasteiger partial charge on any atom is -0.497 e. The molecule has 5 rings (SSSR count). The van der Waals surface area contributed by atoms with Crippen LogP contribution >= 0.6 is 11.6 Å². The SMILES string of the molecule is COc1ccc(COC(=O)C2=C(C)NC3=C(C(=O)CCC3)C2c2cc3c(cc2Cl)OCO3)cc1. The van der Waals surface area contributed by atoms with Crippen molar-refractivity contribution in [3.8, 4) is 17.2 Å². The van der Waals surface area contributed by atoms with Gasteiger partial charge in [0, 0.05) is 40.4 Å². The van der Waals surface area contributed by atoms with Crippen molar-refractivity contribution in [2.75, 3.05) is 13.9 Å². The molecular weight excluding hydrogens is 458 g/mol. The van der Waals surface area contributed by atoms with Crippen LogP contribution in [0.3, 0.4) is 0 Å². The van der Waals surface area contributed by atoms with E-state index in [0.717, 1.165) is 29.9 Å². The summed E-state index contributed by atoms with van der Waals surface area (Å²) in [5.74, 6) is 0.625. The van der Waals surface area contributed by atoms with Crippen molar-refractivity contribution in [3.63, 3.8) is 0 Å². The van der Waals surface area contributed by atoms with Crippen molar-refractivity contribution in [1.82, 2.24) is 5.32 Å². The van der Waals surface area contributed by atoms with Gasteiger partial charge in [-0.3, -0.25) is 4.79 Å². The van der Waals surface area contributed by atoms with Crippen LogP contribution in [0.5, 0.6) is 17.2 Å². The van der Waals surface area contributed by atoms with Gasteiger partial charge in [0.1, 0.15) is 12.4 Å². The number of Topliss-reactive ketones (excluding diaryl/α,β-unsaturated/α-hetero) is 1. The number of esters is 1. The van der Waals surface area contributed by atoms with E-state index in [2.05, 4.69) is 5.32 Å². The number of allylic oxidation sites excluding steroid dienone is 3. The molecule has 2 aliphatic heterocycles. The van der Waals surface area contributed by atoms with Gasteiger partial charge in [-0.2, -0.15) is 0 Å². The number of fused-ring (bicyclic) bond motifs is 1. The summed E-state index contributed by atoms with van der Waals surface area (Å²) in [4.78, 5) is 26.5. The quantitative estimate of drug-likeness (QED) is 0.615. The Hall–Kier alpha value is -3.45. The monoisotopic (exact) mass is 481 g/mol. The molecule has 1 N–H and O–H groups in total. The van der Waals surface area contributed by atoms with Gasteiger partial charge < -0.3 is 24.3 Å². The Balaban J connectivity index is 1.52. The summed E-state index contributed by atoms with van der Waals surface area (Å²) in [7, 11) is 1.59. The number of ketones is 1. The fourth-order valence-electron chi connectivity index (χ4n) is 4.67. The van der Waals surface area contributed by atoms with Crippen LogP contribution in [0.4, 0.5) is 0 Å². The Labute approximate surface area is 202 Å². The fraction of sp³-hybridized carbons (Fsp3) is 0.308. The predicted octanol–water partition coefficient (Wildman–Crippen LogP) is 4.79. The molecule has 176 valence electrons. The Morgan fingerprint density at radius 3 is 2.62 bits per heavy atom. The first-order valence-electron chi connectivity index (χ1n) is 11.1. The number of carbonyl (C=O) groups excluding carboxylic acids is 2. The number of carbonyl (C=O) groups is 2. The van der Waals surface area contributed by atoms with Gasteiger partial charge in [-0.25, -0.2) is 4.79 Å². The molecule has 0 aromatic heterocycles. The molecule has 0 amide bonds. The molecule has 0 spiro atoms. The van der Waals surface area contributed by atoms with E-state index >= 15 is 0 Å². The van der Waals surface area contributed by atoms with E-state index in [1.807, 2.05) is 31.2 Å². The summed E-state index contributed by atoms with van der Waals surface area (Å²) >= 11 is 6.66. The molecule has 0 bridgehead atoms. The van der Waals surface area contributed by atoms with Gasteiger partial charge >= 0.3 is 5.97 Å². The van der Waals surface area contributed by atoms with E-state index in [1.54, 1.807) is 19.2 Å². The highest BCUT2D eigenvalue weighted by Gasteiger charge is 2.40. The van der Waals surface area contributed by atoms with Gasteiger partial charge in [-0.05, 0) is 49.1 Å². The van der Waals surface area contributed by atoms with Gasteiger partial charge in [0.05, 0.1) is 12.7 Å². The molecule has 1 aliphatic carbocycles. The maximum Gasteiger partial charge on any atom is 0.337 e. The highest BCUT2D eigenvalue weighted by Crippen LogP contribution is 2.48. The average Bonchev–Trinajstić information content (AvgIpc) is 3.29. The molecule has 8 heteroatoms. The van der Waals surface area contributed by atoms with E-state index in [4.69, 9.17) is 30.5 Å². The number of benzene rings is 2. The number of ether oxygens (including phenoxy) is 4. The number of nitrogens with one attached hydrogen (secondary N) is 1. The van der Waals surface area contributed by atoms with Crippen LogP contribution in [0, 0.1) is 0 Å². The minimum atomic E-state index is -0.658. The third kappa shape index (κ3) is 4.01. The summed E-state index contributed by atoms with van der Waals surface area (Å²) in [5, 5.41) is 3.68. The predicted molar refractivity (Wildman–Crippen MR) is 125 cm³/mol. The van der Waals surface area contributed by atoms with Crippen molar-refractivity contribution in [2.24, 2.45) is 0 Å². The number of halogens is 1. The second-order valence-corrected chi connectivity index (χ2v) is 8.82. The molecule has 3 aliphatic rings. The molecular formula is C26H24ClNO6. The molecule has 2 aromatic rings. The van der Waals surface area contributed by atoms with Gasteiger partial charge in [0.15, 0.2) is 17.3 Å². The van der Waals surface area contributed by atoms with Crippen molar-refractivity contribution in [2.45, 2.75) is 38.7 Å². The summed E-state index contributed by atoms with van der Waals surface area (Å²) in [6, 6.07) is 10.7. The second kappa shape index (κ2) is 9.06. The smallest absolute Gasteiger partial charge is 0.337 e. The highest BCUT2D eigenvalue weighted by molar-refractivity contribution is 6.32. The topological polar surface area (TPSA) is 83.1 Å². The molecule has 0 fully saturated rings. The lowest BCUT2D eigenvalue weighted by Crippen LogP contribution is -2.34. The van der Waals surface area contributed by atoms with Crippen LogP contribution in [0.15, 0.2) is 58.9 Å². The molecule has 34 heavy (non-hydrogen) atoms. The molecule has 1 atom stereocenters. The average molecular weight is 482 g/mol. The molecule has 1 unspecified atom stereocenters. The second-order valence-electron chi connectivity index (χ2n) is 8.42. The van der Waals surface area contributed by atoms with E-state index in [9.17, 15) is 9.59 Å². The Kier molecular flexibility index (Phi) is 5.96. The van der Waals surface area contributed by atoms with E-state index in [-0.39, 0.29) is 19.2 Å². The van der Waals surface area contributed by atoms with Crippen molar-refractivity contribution >= 4 is 23.4 Å². The van der Waals surface area contributed by atoms with Gasteiger partial charge in [0.2, 0.25) is 6.79 Å². The van der Waals surface area contributed by atoms with Crippen LogP contribution in [-0.4, -0.2) is 25.7 Å². The first-order chi connectivity index (χ1) is 16.5. The lowest BCUT2D eigenvalue weighted by Gasteiger charge is -2.34. The van der Waals surface area contributed by atoms with Gasteiger partial charge in [0.25, 0.3) is 0 Å². The van der Waals surface area contributed by atoms with Crippen LogP contribution < -0.4 is 19.5 Å². The normalized spacial score (nSPS) is 19.0. The van der Waals surface area contributed by atoms with Crippen molar-refractivity contribution in [3.05, 3.63) is 75.1 Å². The maximum atomic E-state index is 13.4. The molecule has 2 aromatic carbocycles. The highest BCUT2D eigenvalue weighted by atomic mass is 35.5. The third-order valence-electron chi connectivity index (χ3n) is 6.33. The zero-order chi connectivity index (χ0) is 23.8. The summed E-state index contributed by atoms with van der Waals surface area (Å²) in [6.07, 6.45) is 1.91. The lowest BCUT2D eigenvalue weighted by molar-refractivity contribution is -0.140. The fourth-order valence-corrected chi connectivity index (χ4v) is 4.93. The standard InChI is InChI=1S/C26H24ClNO6/c1-14-23(26(30)32-12-15-6-8-16(31-2)9-7-15)24(25-19(28-14)4-3-5-20(25)29)17-10-21-22(11-18(17)27)34-13-33-21/h6-11,24,28H,3-5,12-13H2,1-2H3. The number of hydrogen-bond donors (Lipinski definition) is 1. The minimum absolute atomic E-state index is 0.000405. The number of rotatable bonds is 5. The molecule has 0 saturated carbocycles. The number of dihydropyridines is 1. The molecule has 2 heterocycles. The van der Waals surface area contributed by atoms with Crippen LogP contribution in [-0.2, 0) is 20.9 Å². The molecule has 0 saturated heterocycles. The van der Waals surface area contributed by atoms with E-state index in [0.29, 0.717) is 45.3 Å². The van der Waals surface area contributed by atoms with Crippen LogP contribution in [0.1, 0.15) is 43.2 Å². The number of methoxy groups -OCH3 is 1. The van der Waals surface area contributed by atoms with Crippen LogP contribution in [0.25, 0.3) is 0 Å². The van der Waals surface area contributed by atoms with Crippen molar-refractivity contribution in [1.29, 1.82) is 0 Å². The lowest BCUT2D eigenvalue weighted by atomic mass is 9.75. The first-order valence-corrected chi connectivity index (χ1v) is 11.5. The first kappa shape index (κ1) is 22.3. The Morgan fingerprint density at radius 1 is 1.15 bits per heavy atom. The van der Waals surface area contributed by atoms with E-state index < -0.39 is 11.9 Å². The summed E-state index contributed by atoms with van der Waals surface area (Å²) in [6.45, 7) is 2.00. The van der Waals surface area contributed by atoms with Gasteiger partial charge in [-0.1, -0.05) is 23.7 Å². The van der Waals surface area contributed by atoms with Crippen LogP contribution in [0.2, 0.25) is 5.02 Å². The Bertz CT molecular complexity index is 1230. The molecule has 7 nitrogen and oxygen atoms in total. The number of hydrogen-bond acceptors (Lipinski definition) is 7. The Morgan fingerprint density at radius 2 is 1.88 bits per heavy atom. The zero-order valence-electron chi connectivity index (χ0n) is 18.9. The van der Waals surface area contributed by atoms with E-state index in [1.165, 1.54) is 0 Å². The molecule has 0 radical (unpaired) electrons. The largest absolute Gasteiger partial charge is 0.497 e. The van der Waals surface area contributed by atoms with Crippen molar-refractivity contribution < 1.29 is 28.5 Å². The zero-order valence-corrected chi connectivity index (χ0v) is 19.7. The maximum absolute atomic E-state index is 13.4. The van der Waals surface area contributed by atoms with Gasteiger partial charge in [-0.15, -0.1) is 0 Å². The third-order valence-corrected chi connectivity index (χ3v) is 6.66. The summed E-state index contributed by atoms with van der Waals surface area (Å²) in [5.41, 5.74) is 3.84.